The van der Waals surface area contributed by atoms with Crippen LogP contribution in [0.15, 0.2) is 29.2 Å². The summed E-state index contributed by atoms with van der Waals surface area (Å²) in [6.07, 6.45) is 0. The summed E-state index contributed by atoms with van der Waals surface area (Å²) in [5.74, 6) is 0.149. The van der Waals surface area contributed by atoms with Gasteiger partial charge < -0.3 is 9.84 Å². The number of rotatable bonds is 6. The number of aliphatic carboxylic acids is 1. The van der Waals surface area contributed by atoms with Crippen molar-refractivity contribution in [3.63, 3.8) is 0 Å². The molecule has 1 N–H and O–H groups in total. The van der Waals surface area contributed by atoms with Crippen molar-refractivity contribution < 1.29 is 14.6 Å². The Hall–Kier alpha value is -1.16. The van der Waals surface area contributed by atoms with Gasteiger partial charge in [-0.3, -0.25) is 4.79 Å². The molecule has 3 nitrogen and oxygen atoms in total. The van der Waals surface area contributed by atoms with Gasteiger partial charge in [-0.05, 0) is 37.1 Å². The Kier molecular flexibility index (Phi) is 5.35. The molecule has 0 saturated heterocycles. The number of thioether (sulfide) groups is 1. The smallest absolute Gasteiger partial charge is 0.317 e. The van der Waals surface area contributed by atoms with E-state index in [4.69, 9.17) is 9.84 Å². The number of hydrogen-bond acceptors (Lipinski definition) is 3. The second-order valence-electron chi connectivity index (χ2n) is 4.03. The highest BCUT2D eigenvalue weighted by molar-refractivity contribution is 8.00. The summed E-state index contributed by atoms with van der Waals surface area (Å²) < 4.78 is 5.34. The van der Waals surface area contributed by atoms with Gasteiger partial charge in [0, 0.05) is 4.90 Å². The van der Waals surface area contributed by atoms with Crippen molar-refractivity contribution in [1.82, 2.24) is 0 Å². The molecule has 0 aromatic heterocycles. The van der Waals surface area contributed by atoms with E-state index in [1.54, 1.807) is 0 Å². The Morgan fingerprint density at radius 1 is 1.35 bits per heavy atom. The number of carboxylic acids is 1. The standard InChI is InChI=1S/C13H18O3S/c1-4-16-10-5-7-11(8-6-10)17-12(9(2)3)13(14)15/h5-9,12H,4H2,1-3H3,(H,14,15). The molecule has 0 amide bonds. The average molecular weight is 254 g/mol. The highest BCUT2D eigenvalue weighted by Gasteiger charge is 2.22. The molecule has 0 fully saturated rings. The Bertz CT molecular complexity index is 359. The van der Waals surface area contributed by atoms with Crippen LogP contribution in [0.2, 0.25) is 0 Å². The van der Waals surface area contributed by atoms with E-state index in [1.165, 1.54) is 11.8 Å². The van der Waals surface area contributed by atoms with Crippen LogP contribution in [0, 0.1) is 5.92 Å². The summed E-state index contributed by atoms with van der Waals surface area (Å²) in [6, 6.07) is 7.53. The van der Waals surface area contributed by atoms with E-state index in [-0.39, 0.29) is 5.92 Å². The van der Waals surface area contributed by atoms with E-state index < -0.39 is 11.2 Å². The fraction of sp³-hybridized carbons (Fsp3) is 0.462. The minimum atomic E-state index is -0.765. The van der Waals surface area contributed by atoms with Gasteiger partial charge in [-0.25, -0.2) is 0 Å². The van der Waals surface area contributed by atoms with E-state index >= 15 is 0 Å². The number of hydrogen-bond donors (Lipinski definition) is 1. The van der Waals surface area contributed by atoms with Crippen LogP contribution in [0.3, 0.4) is 0 Å². The number of carbonyl (C=O) groups is 1. The second kappa shape index (κ2) is 6.55. The van der Waals surface area contributed by atoms with Crippen LogP contribution < -0.4 is 4.74 Å². The lowest BCUT2D eigenvalue weighted by atomic mass is 10.1. The first-order chi connectivity index (χ1) is 8.04. The van der Waals surface area contributed by atoms with Crippen LogP contribution in [0.1, 0.15) is 20.8 Å². The molecule has 1 atom stereocenters. The van der Waals surface area contributed by atoms with Crippen molar-refractivity contribution in [2.24, 2.45) is 5.92 Å². The van der Waals surface area contributed by atoms with Crippen LogP contribution in [0.5, 0.6) is 5.75 Å². The van der Waals surface area contributed by atoms with Crippen LogP contribution in [0.4, 0.5) is 0 Å². The monoisotopic (exact) mass is 254 g/mol. The summed E-state index contributed by atoms with van der Waals surface area (Å²) in [7, 11) is 0. The number of carboxylic acid groups (broad SMARTS) is 1. The first-order valence-corrected chi connectivity index (χ1v) is 6.55. The molecule has 1 aromatic rings. The third-order valence-electron chi connectivity index (χ3n) is 2.25. The largest absolute Gasteiger partial charge is 0.494 e. The third-order valence-corrected chi connectivity index (χ3v) is 3.79. The van der Waals surface area contributed by atoms with E-state index in [1.807, 2.05) is 45.0 Å². The summed E-state index contributed by atoms with van der Waals surface area (Å²) in [4.78, 5) is 12.0. The van der Waals surface area contributed by atoms with Gasteiger partial charge in [0.1, 0.15) is 11.0 Å². The van der Waals surface area contributed by atoms with E-state index in [9.17, 15) is 4.79 Å². The van der Waals surface area contributed by atoms with Crippen molar-refractivity contribution in [2.45, 2.75) is 30.9 Å². The van der Waals surface area contributed by atoms with Crippen LogP contribution in [-0.2, 0) is 4.79 Å². The first-order valence-electron chi connectivity index (χ1n) is 5.67. The Morgan fingerprint density at radius 3 is 2.35 bits per heavy atom. The average Bonchev–Trinajstić information content (AvgIpc) is 2.27. The summed E-state index contributed by atoms with van der Waals surface area (Å²) in [6.45, 7) is 6.40. The quantitative estimate of drug-likeness (QED) is 0.791. The molecule has 0 aliphatic heterocycles. The van der Waals surface area contributed by atoms with Crippen molar-refractivity contribution >= 4 is 17.7 Å². The zero-order chi connectivity index (χ0) is 12.8. The van der Waals surface area contributed by atoms with Crippen molar-refractivity contribution in [1.29, 1.82) is 0 Å². The molecule has 0 aliphatic carbocycles. The van der Waals surface area contributed by atoms with Crippen molar-refractivity contribution in [3.8, 4) is 5.75 Å². The lowest BCUT2D eigenvalue weighted by Crippen LogP contribution is -2.22. The normalized spacial score (nSPS) is 12.5. The third kappa shape index (κ3) is 4.30. The van der Waals surface area contributed by atoms with Gasteiger partial charge in [0.25, 0.3) is 0 Å². The van der Waals surface area contributed by atoms with Gasteiger partial charge in [0.2, 0.25) is 0 Å². The fourth-order valence-electron chi connectivity index (χ4n) is 1.40. The maximum atomic E-state index is 11.1. The lowest BCUT2D eigenvalue weighted by Gasteiger charge is -2.15. The second-order valence-corrected chi connectivity index (χ2v) is 5.24. The summed E-state index contributed by atoms with van der Waals surface area (Å²) in [5, 5.41) is 8.69. The summed E-state index contributed by atoms with van der Waals surface area (Å²) >= 11 is 1.38. The molecule has 0 heterocycles. The maximum absolute atomic E-state index is 11.1. The first kappa shape index (κ1) is 13.9. The predicted octanol–water partition coefficient (Wildman–Crippen LogP) is 3.29. The van der Waals surface area contributed by atoms with E-state index in [0.717, 1.165) is 10.6 Å². The fourth-order valence-corrected chi connectivity index (χ4v) is 2.36. The van der Waals surface area contributed by atoms with E-state index in [0.29, 0.717) is 6.61 Å². The SMILES string of the molecule is CCOc1ccc(SC(C(=O)O)C(C)C)cc1. The number of ether oxygens (including phenoxy) is 1. The highest BCUT2D eigenvalue weighted by Crippen LogP contribution is 2.29. The molecular formula is C13H18O3S. The van der Waals surface area contributed by atoms with E-state index in [2.05, 4.69) is 0 Å². The molecule has 0 radical (unpaired) electrons. The van der Waals surface area contributed by atoms with Crippen molar-refractivity contribution in [3.05, 3.63) is 24.3 Å². The van der Waals surface area contributed by atoms with Gasteiger partial charge in [-0.1, -0.05) is 13.8 Å². The van der Waals surface area contributed by atoms with Crippen LogP contribution in [-0.4, -0.2) is 22.9 Å². The Morgan fingerprint density at radius 2 is 1.94 bits per heavy atom. The molecule has 17 heavy (non-hydrogen) atoms. The molecule has 0 bridgehead atoms. The molecule has 94 valence electrons. The highest BCUT2D eigenvalue weighted by atomic mass is 32.2. The lowest BCUT2D eigenvalue weighted by molar-refractivity contribution is -0.137. The summed E-state index contributed by atoms with van der Waals surface area (Å²) in [5.41, 5.74) is 0. The molecule has 1 rings (SSSR count). The maximum Gasteiger partial charge on any atom is 0.317 e. The molecule has 0 aliphatic rings. The predicted molar refractivity (Wildman–Crippen MR) is 69.7 cm³/mol. The van der Waals surface area contributed by atoms with Gasteiger partial charge in [0.15, 0.2) is 0 Å². The van der Waals surface area contributed by atoms with Gasteiger partial charge >= 0.3 is 5.97 Å². The topological polar surface area (TPSA) is 46.5 Å². The van der Waals surface area contributed by atoms with Crippen LogP contribution >= 0.6 is 11.8 Å². The van der Waals surface area contributed by atoms with Crippen molar-refractivity contribution in [2.75, 3.05) is 6.61 Å². The molecule has 1 aromatic carbocycles. The Labute approximate surface area is 106 Å². The van der Waals surface area contributed by atoms with Crippen LogP contribution in [0.25, 0.3) is 0 Å². The Balaban J connectivity index is 2.70. The molecule has 0 spiro atoms. The molecular weight excluding hydrogens is 236 g/mol. The zero-order valence-electron chi connectivity index (χ0n) is 10.3. The minimum absolute atomic E-state index is 0.101. The number of benzene rings is 1. The zero-order valence-corrected chi connectivity index (χ0v) is 11.2. The molecule has 4 heteroatoms. The van der Waals surface area contributed by atoms with Gasteiger partial charge in [-0.15, -0.1) is 11.8 Å². The molecule has 1 unspecified atom stereocenters. The van der Waals surface area contributed by atoms with Gasteiger partial charge in [0.05, 0.1) is 6.61 Å². The van der Waals surface area contributed by atoms with Gasteiger partial charge in [-0.2, -0.15) is 0 Å². The molecule has 0 saturated carbocycles. The minimum Gasteiger partial charge on any atom is -0.494 e.